The van der Waals surface area contributed by atoms with Crippen LogP contribution in [-0.2, 0) is 26.2 Å². The zero-order valence-corrected chi connectivity index (χ0v) is 25.9. The highest BCUT2D eigenvalue weighted by Crippen LogP contribution is 2.27. The summed E-state index contributed by atoms with van der Waals surface area (Å²) in [6.45, 7) is 8.90. The molecule has 0 spiro atoms. The van der Waals surface area contributed by atoms with Crippen molar-refractivity contribution in [1.29, 1.82) is 0 Å². The lowest BCUT2D eigenvalue weighted by molar-refractivity contribution is -0.140. The molecule has 0 aliphatic rings. The molecular formula is C31H38ClN3O5S. The molecule has 0 aliphatic carbocycles. The number of aryl methyl sites for hydroxylation is 2. The molecule has 3 rings (SSSR count). The fourth-order valence-corrected chi connectivity index (χ4v) is 5.94. The van der Waals surface area contributed by atoms with Gasteiger partial charge in [0.1, 0.15) is 18.3 Å². The largest absolute Gasteiger partial charge is 0.497 e. The molecule has 0 aliphatic heterocycles. The van der Waals surface area contributed by atoms with Crippen molar-refractivity contribution in [3.63, 3.8) is 0 Å². The Hall–Kier alpha value is -3.56. The molecule has 0 saturated carbocycles. The molecule has 1 atom stereocenters. The van der Waals surface area contributed by atoms with Gasteiger partial charge in [-0.3, -0.25) is 13.9 Å². The topological polar surface area (TPSA) is 96.0 Å². The van der Waals surface area contributed by atoms with Crippen molar-refractivity contribution in [2.75, 3.05) is 18.0 Å². The van der Waals surface area contributed by atoms with Crippen LogP contribution in [0.25, 0.3) is 0 Å². The normalized spacial score (nSPS) is 12.1. The molecule has 10 heteroatoms. The number of halogens is 1. The van der Waals surface area contributed by atoms with Crippen molar-refractivity contribution >= 4 is 39.1 Å². The molecule has 1 N–H and O–H groups in total. The molecular weight excluding hydrogens is 562 g/mol. The van der Waals surface area contributed by atoms with E-state index in [1.807, 2.05) is 46.8 Å². The monoisotopic (exact) mass is 599 g/mol. The van der Waals surface area contributed by atoms with Crippen molar-refractivity contribution in [2.24, 2.45) is 0 Å². The maximum Gasteiger partial charge on any atom is 0.264 e. The van der Waals surface area contributed by atoms with Crippen molar-refractivity contribution in [1.82, 2.24) is 10.2 Å². The Kier molecular flexibility index (Phi) is 10.8. The Morgan fingerprint density at radius 3 is 2.24 bits per heavy atom. The van der Waals surface area contributed by atoms with Crippen molar-refractivity contribution in [3.8, 4) is 5.75 Å². The lowest BCUT2D eigenvalue weighted by atomic mass is 10.1. The van der Waals surface area contributed by atoms with Crippen molar-refractivity contribution < 1.29 is 22.7 Å². The zero-order chi connectivity index (χ0) is 30.3. The smallest absolute Gasteiger partial charge is 0.264 e. The predicted molar refractivity (Wildman–Crippen MR) is 163 cm³/mol. The molecule has 0 bridgehead atoms. The number of rotatable bonds is 12. The van der Waals surface area contributed by atoms with Gasteiger partial charge < -0.3 is 15.0 Å². The molecule has 41 heavy (non-hydrogen) atoms. The maximum absolute atomic E-state index is 14.1. The van der Waals surface area contributed by atoms with E-state index in [2.05, 4.69) is 5.32 Å². The third-order valence-electron chi connectivity index (χ3n) is 6.76. The minimum atomic E-state index is -4.18. The summed E-state index contributed by atoms with van der Waals surface area (Å²) in [4.78, 5) is 28.8. The maximum atomic E-state index is 14.1. The van der Waals surface area contributed by atoms with E-state index in [4.69, 9.17) is 16.3 Å². The Labute approximate surface area is 248 Å². The number of benzene rings is 3. The number of amides is 2. The Morgan fingerprint density at radius 1 is 0.976 bits per heavy atom. The van der Waals surface area contributed by atoms with Crippen LogP contribution in [0.2, 0.25) is 5.02 Å². The molecule has 0 saturated heterocycles. The average molecular weight is 600 g/mol. The van der Waals surface area contributed by atoms with Gasteiger partial charge in [-0.2, -0.15) is 0 Å². The van der Waals surface area contributed by atoms with E-state index in [1.54, 1.807) is 37.4 Å². The molecule has 2 amide bonds. The van der Waals surface area contributed by atoms with Gasteiger partial charge in [-0.05, 0) is 99.3 Å². The number of hydrogen-bond donors (Lipinski definition) is 1. The third kappa shape index (κ3) is 8.01. The Bertz CT molecular complexity index is 1480. The van der Waals surface area contributed by atoms with Crippen LogP contribution in [0.5, 0.6) is 5.75 Å². The first kappa shape index (κ1) is 32.0. The van der Waals surface area contributed by atoms with Crippen LogP contribution in [0.15, 0.2) is 71.6 Å². The van der Waals surface area contributed by atoms with Gasteiger partial charge in [0, 0.05) is 17.6 Å². The first-order chi connectivity index (χ1) is 19.4. The number of carbonyl (C=O) groups is 2. The van der Waals surface area contributed by atoms with E-state index in [0.29, 0.717) is 22.9 Å². The average Bonchev–Trinajstić information content (AvgIpc) is 2.93. The quantitative estimate of drug-likeness (QED) is 0.297. The molecule has 3 aromatic carbocycles. The SMILES string of the molecule is CC[C@H](C(=O)NC(C)C)N(Cc1cccc(OC)c1)C(=O)CN(c1ccc(C)c(C)c1)S(=O)(=O)c1ccc(Cl)cc1. The molecule has 0 radical (unpaired) electrons. The predicted octanol–water partition coefficient (Wildman–Crippen LogP) is 5.49. The van der Waals surface area contributed by atoms with Crippen LogP contribution in [0.1, 0.15) is 43.9 Å². The van der Waals surface area contributed by atoms with Crippen molar-refractivity contribution in [3.05, 3.63) is 88.4 Å². The van der Waals surface area contributed by atoms with E-state index in [0.717, 1.165) is 21.0 Å². The van der Waals surface area contributed by atoms with Crippen LogP contribution in [-0.4, -0.2) is 50.9 Å². The minimum absolute atomic E-state index is 0.00290. The fraction of sp³-hybridized carbons (Fsp3) is 0.355. The Balaban J connectivity index is 2.10. The first-order valence-corrected chi connectivity index (χ1v) is 15.3. The third-order valence-corrected chi connectivity index (χ3v) is 8.80. The van der Waals surface area contributed by atoms with Gasteiger partial charge in [-0.25, -0.2) is 8.42 Å². The number of hydrogen-bond acceptors (Lipinski definition) is 5. The van der Waals surface area contributed by atoms with Gasteiger partial charge in [-0.15, -0.1) is 0 Å². The summed E-state index contributed by atoms with van der Waals surface area (Å²) in [5, 5.41) is 3.29. The second-order valence-electron chi connectivity index (χ2n) is 10.2. The Morgan fingerprint density at radius 2 is 1.66 bits per heavy atom. The molecule has 0 heterocycles. The van der Waals surface area contributed by atoms with Crippen LogP contribution >= 0.6 is 11.6 Å². The molecule has 3 aromatic rings. The van der Waals surface area contributed by atoms with Crippen LogP contribution in [0.4, 0.5) is 5.69 Å². The lowest BCUT2D eigenvalue weighted by Crippen LogP contribution is -2.53. The summed E-state index contributed by atoms with van der Waals surface area (Å²) < 4.78 is 34.4. The summed E-state index contributed by atoms with van der Waals surface area (Å²) in [5.74, 6) is -0.219. The van der Waals surface area contributed by atoms with Gasteiger partial charge in [0.25, 0.3) is 10.0 Å². The van der Waals surface area contributed by atoms with Crippen molar-refractivity contribution in [2.45, 2.75) is 64.6 Å². The van der Waals surface area contributed by atoms with E-state index in [1.165, 1.54) is 29.2 Å². The van der Waals surface area contributed by atoms with E-state index in [9.17, 15) is 18.0 Å². The van der Waals surface area contributed by atoms with Gasteiger partial charge >= 0.3 is 0 Å². The zero-order valence-electron chi connectivity index (χ0n) is 24.3. The number of anilines is 1. The van der Waals surface area contributed by atoms with Gasteiger partial charge in [0.05, 0.1) is 17.7 Å². The molecule has 0 fully saturated rings. The molecule has 0 unspecified atom stereocenters. The second kappa shape index (κ2) is 13.9. The second-order valence-corrected chi connectivity index (χ2v) is 12.5. The van der Waals surface area contributed by atoms with Gasteiger partial charge in [0.2, 0.25) is 11.8 Å². The highest BCUT2D eigenvalue weighted by atomic mass is 35.5. The molecule has 8 nitrogen and oxygen atoms in total. The van der Waals surface area contributed by atoms with Crippen LogP contribution in [0, 0.1) is 13.8 Å². The summed E-state index contributed by atoms with van der Waals surface area (Å²) >= 11 is 6.02. The van der Waals surface area contributed by atoms with Gasteiger partial charge in [0.15, 0.2) is 0 Å². The fourth-order valence-electron chi connectivity index (χ4n) is 4.41. The minimum Gasteiger partial charge on any atom is -0.497 e. The number of nitrogens with zero attached hydrogens (tertiary/aromatic N) is 2. The summed E-state index contributed by atoms with van der Waals surface area (Å²) in [6, 6.07) is 17.3. The molecule has 0 aromatic heterocycles. The highest BCUT2D eigenvalue weighted by molar-refractivity contribution is 7.92. The summed E-state index contributed by atoms with van der Waals surface area (Å²) in [7, 11) is -2.63. The number of ether oxygens (including phenoxy) is 1. The number of carbonyl (C=O) groups excluding carboxylic acids is 2. The van der Waals surface area contributed by atoms with E-state index in [-0.39, 0.29) is 23.4 Å². The summed E-state index contributed by atoms with van der Waals surface area (Å²) in [5.41, 5.74) is 2.95. The standard InChI is InChI=1S/C31H38ClN3O5S/c1-7-29(31(37)33-21(2)3)34(19-24-9-8-10-27(18-24)40-6)30(36)20-35(26-14-11-22(4)23(5)17-26)41(38,39)28-15-12-25(32)13-16-28/h8-18,21,29H,7,19-20H2,1-6H3,(H,33,37)/t29-/m1/s1. The molecule has 220 valence electrons. The number of nitrogens with one attached hydrogen (secondary N) is 1. The van der Waals surface area contributed by atoms with Crippen LogP contribution < -0.4 is 14.4 Å². The van der Waals surface area contributed by atoms with E-state index < -0.39 is 28.5 Å². The lowest BCUT2D eigenvalue weighted by Gasteiger charge is -2.33. The highest BCUT2D eigenvalue weighted by Gasteiger charge is 2.34. The first-order valence-electron chi connectivity index (χ1n) is 13.5. The van der Waals surface area contributed by atoms with E-state index >= 15 is 0 Å². The number of sulfonamides is 1. The summed E-state index contributed by atoms with van der Waals surface area (Å²) in [6.07, 6.45) is 0.335. The van der Waals surface area contributed by atoms with Gasteiger partial charge in [-0.1, -0.05) is 36.7 Å². The number of methoxy groups -OCH3 is 1. The van der Waals surface area contributed by atoms with Crippen LogP contribution in [0.3, 0.4) is 0 Å².